The van der Waals surface area contributed by atoms with E-state index in [4.69, 9.17) is 19.7 Å². The van der Waals surface area contributed by atoms with Crippen molar-refractivity contribution in [3.05, 3.63) is 36.5 Å². The van der Waals surface area contributed by atoms with Crippen LogP contribution in [0.1, 0.15) is 32.6 Å². The summed E-state index contributed by atoms with van der Waals surface area (Å²) in [6.45, 7) is 5.04. The third-order valence-electron chi connectivity index (χ3n) is 7.12. The summed E-state index contributed by atoms with van der Waals surface area (Å²) in [5.41, 5.74) is -0.475. The number of hydrogen-bond donors (Lipinski definition) is 2. The molecule has 1 amide bonds. The number of nitrogens with zero attached hydrogens (tertiary/aromatic N) is 8. The molecule has 6 rings (SSSR count). The molecule has 0 bridgehead atoms. The Hall–Kier alpha value is -3.87. The molecule has 0 spiro atoms. The Morgan fingerprint density at radius 3 is 2.68 bits per heavy atom. The largest absolute Gasteiger partial charge is 0.378 e. The minimum absolute atomic E-state index is 0.221. The highest BCUT2D eigenvalue weighted by Crippen LogP contribution is 2.39. The first-order valence-corrected chi connectivity index (χ1v) is 12.6. The first-order chi connectivity index (χ1) is 18.0. The van der Waals surface area contributed by atoms with Gasteiger partial charge < -0.3 is 19.9 Å². The van der Waals surface area contributed by atoms with Crippen LogP contribution in [0.3, 0.4) is 0 Å². The van der Waals surface area contributed by atoms with Gasteiger partial charge in [0.25, 0.3) is 0 Å². The van der Waals surface area contributed by atoms with Gasteiger partial charge in [-0.2, -0.15) is 24.4 Å². The number of hydrogen-bond acceptors (Lipinski definition) is 10. The summed E-state index contributed by atoms with van der Waals surface area (Å²) < 4.78 is 18.8. The van der Waals surface area contributed by atoms with Crippen LogP contribution < -0.4 is 20.0 Å². The van der Waals surface area contributed by atoms with Crippen molar-refractivity contribution in [3.8, 4) is 0 Å². The number of aromatic nitrogens is 6. The van der Waals surface area contributed by atoms with Crippen molar-refractivity contribution >= 4 is 35.3 Å². The third kappa shape index (κ3) is 4.66. The second kappa shape index (κ2) is 9.54. The molecule has 3 aliphatic rings. The molecule has 3 aromatic rings. The molecule has 1 saturated carbocycles. The molecule has 2 saturated heterocycles. The average Bonchev–Trinajstić information content (AvgIpc) is 3.43. The molecule has 3 fully saturated rings. The van der Waals surface area contributed by atoms with E-state index in [9.17, 15) is 9.18 Å². The Morgan fingerprint density at radius 1 is 1.16 bits per heavy atom. The molecule has 2 aliphatic heterocycles. The molecule has 194 valence electrons. The molecule has 1 atom stereocenters. The Morgan fingerprint density at radius 2 is 1.97 bits per heavy atom. The van der Waals surface area contributed by atoms with E-state index in [1.807, 2.05) is 17.9 Å². The number of morpholine rings is 1. The van der Waals surface area contributed by atoms with Gasteiger partial charge in [0.1, 0.15) is 11.4 Å². The fourth-order valence-electron chi connectivity index (χ4n) is 4.90. The van der Waals surface area contributed by atoms with Gasteiger partial charge in [-0.05, 0) is 44.7 Å². The minimum Gasteiger partial charge on any atom is -0.378 e. The highest BCUT2D eigenvalue weighted by Gasteiger charge is 2.45. The number of carbonyl (C=O) groups excluding carboxylic acids is 1. The predicted molar refractivity (Wildman–Crippen MR) is 134 cm³/mol. The lowest BCUT2D eigenvalue weighted by Gasteiger charge is -2.35. The van der Waals surface area contributed by atoms with Crippen molar-refractivity contribution in [2.45, 2.75) is 44.2 Å². The highest BCUT2D eigenvalue weighted by atomic mass is 19.1. The van der Waals surface area contributed by atoms with Crippen molar-refractivity contribution in [2.24, 2.45) is 0 Å². The summed E-state index contributed by atoms with van der Waals surface area (Å²) in [6, 6.07) is 4.89. The predicted octanol–water partition coefficient (Wildman–Crippen LogP) is 2.26. The van der Waals surface area contributed by atoms with E-state index in [2.05, 4.69) is 30.3 Å². The van der Waals surface area contributed by atoms with Crippen molar-refractivity contribution < 1.29 is 13.9 Å². The van der Waals surface area contributed by atoms with Gasteiger partial charge in [0.15, 0.2) is 0 Å². The van der Waals surface area contributed by atoms with Crippen LogP contribution in [0.25, 0.3) is 0 Å². The molecular weight excluding hydrogens is 479 g/mol. The molecule has 2 N–H and O–H groups in total. The van der Waals surface area contributed by atoms with Crippen LogP contribution in [0.5, 0.6) is 0 Å². The monoisotopic (exact) mass is 508 g/mol. The zero-order chi connectivity index (χ0) is 25.4. The number of carbonyl (C=O) groups is 1. The molecule has 0 aromatic carbocycles. The Labute approximate surface area is 213 Å². The Balaban J connectivity index is 1.37. The molecule has 0 radical (unpaired) electrons. The first kappa shape index (κ1) is 23.5. The van der Waals surface area contributed by atoms with Crippen LogP contribution in [0, 0.1) is 5.95 Å². The number of anilines is 5. The molecule has 3 aromatic heterocycles. The lowest BCUT2D eigenvalue weighted by molar-refractivity contribution is -0.120. The van der Waals surface area contributed by atoms with Gasteiger partial charge in [-0.1, -0.05) is 0 Å². The number of H-pyrrole nitrogens is 1. The van der Waals surface area contributed by atoms with Gasteiger partial charge in [0.05, 0.1) is 31.3 Å². The summed E-state index contributed by atoms with van der Waals surface area (Å²) >= 11 is 0. The lowest BCUT2D eigenvalue weighted by atomic mass is 9.97. The van der Waals surface area contributed by atoms with E-state index in [0.717, 1.165) is 25.1 Å². The second-order valence-corrected chi connectivity index (χ2v) is 9.73. The third-order valence-corrected chi connectivity index (χ3v) is 7.12. The van der Waals surface area contributed by atoms with Crippen molar-refractivity contribution in [1.82, 2.24) is 30.1 Å². The molecule has 12 nitrogen and oxygen atoms in total. The van der Waals surface area contributed by atoms with Gasteiger partial charge >= 0.3 is 0 Å². The first-order valence-electron chi connectivity index (χ1n) is 12.6. The maximum absolute atomic E-state index is 13.5. The summed E-state index contributed by atoms with van der Waals surface area (Å²) in [6.07, 6.45) is 6.50. The fraction of sp³-hybridized carbons (Fsp3) is 0.500. The molecular formula is C24H29FN10O2. The Kier molecular flexibility index (Phi) is 6.07. The molecule has 1 unspecified atom stereocenters. The normalized spacial score (nSPS) is 21.8. The minimum atomic E-state index is -0.909. The summed E-state index contributed by atoms with van der Waals surface area (Å²) in [4.78, 5) is 37.9. The number of rotatable bonds is 7. The van der Waals surface area contributed by atoms with Crippen LogP contribution >= 0.6 is 0 Å². The smallest absolute Gasteiger partial charge is 0.250 e. The van der Waals surface area contributed by atoms with E-state index in [0.29, 0.717) is 62.8 Å². The van der Waals surface area contributed by atoms with Gasteiger partial charge in [-0.3, -0.25) is 14.8 Å². The van der Waals surface area contributed by atoms with Crippen LogP contribution in [-0.2, 0) is 9.53 Å². The van der Waals surface area contributed by atoms with Gasteiger partial charge in [-0.15, -0.1) is 0 Å². The zero-order valence-corrected chi connectivity index (χ0v) is 20.6. The summed E-state index contributed by atoms with van der Waals surface area (Å²) in [5.74, 6) is 1.53. The van der Waals surface area contributed by atoms with Crippen LogP contribution in [0.2, 0.25) is 0 Å². The van der Waals surface area contributed by atoms with E-state index in [1.165, 1.54) is 18.3 Å². The number of pyridine rings is 1. The van der Waals surface area contributed by atoms with Crippen molar-refractivity contribution in [3.63, 3.8) is 0 Å². The van der Waals surface area contributed by atoms with Crippen LogP contribution in [-0.4, -0.2) is 80.5 Å². The molecule has 13 heteroatoms. The van der Waals surface area contributed by atoms with Gasteiger partial charge in [-0.25, -0.2) is 4.98 Å². The number of halogens is 1. The zero-order valence-electron chi connectivity index (χ0n) is 20.6. The molecule has 1 aliphatic carbocycles. The van der Waals surface area contributed by atoms with E-state index >= 15 is 0 Å². The maximum atomic E-state index is 13.5. The van der Waals surface area contributed by atoms with Crippen molar-refractivity contribution in [2.75, 3.05) is 52.9 Å². The fourth-order valence-corrected chi connectivity index (χ4v) is 4.90. The van der Waals surface area contributed by atoms with E-state index < -0.39 is 11.5 Å². The highest BCUT2D eigenvalue weighted by molar-refractivity contribution is 6.00. The quantitative estimate of drug-likeness (QED) is 0.459. The van der Waals surface area contributed by atoms with Gasteiger partial charge in [0.2, 0.25) is 29.7 Å². The van der Waals surface area contributed by atoms with Crippen LogP contribution in [0.15, 0.2) is 30.6 Å². The number of amides is 1. The summed E-state index contributed by atoms with van der Waals surface area (Å²) in [7, 11) is 0. The maximum Gasteiger partial charge on any atom is 0.250 e. The topological polar surface area (TPSA) is 128 Å². The second-order valence-electron chi connectivity index (χ2n) is 9.73. The standard InChI is InChI=1S/C24H29FN10O2/c1-24(20(36)28-16-3-6-18(25)26-15-16)8-2-10-34(24)22-29-21(33-11-13-37-14-12-33)30-23(31-22)35(17-4-5-17)19-7-9-27-32-19/h3,6-7,9,15,17H,2,4-5,8,10-14H2,1H3,(H,27,32)(H,28,36). The molecule has 37 heavy (non-hydrogen) atoms. The molecule has 5 heterocycles. The average molecular weight is 509 g/mol. The van der Waals surface area contributed by atoms with E-state index in [1.54, 1.807) is 6.20 Å². The number of nitrogens with one attached hydrogen (secondary N) is 2. The lowest BCUT2D eigenvalue weighted by Crippen LogP contribution is -2.52. The van der Waals surface area contributed by atoms with Crippen molar-refractivity contribution in [1.29, 1.82) is 0 Å². The summed E-state index contributed by atoms with van der Waals surface area (Å²) in [5, 5.41) is 10.1. The van der Waals surface area contributed by atoms with Crippen LogP contribution in [0.4, 0.5) is 33.7 Å². The Bertz CT molecular complexity index is 1250. The van der Waals surface area contributed by atoms with Gasteiger partial charge in [0, 0.05) is 31.7 Å². The van der Waals surface area contributed by atoms with E-state index in [-0.39, 0.29) is 11.9 Å². The number of aromatic amines is 1. The SMILES string of the molecule is CC1(C(=O)Nc2ccc(F)nc2)CCCN1c1nc(N2CCOCC2)nc(N(c2ccn[nH]2)C2CC2)n1. The number of ether oxygens (including phenoxy) is 1.